The zero-order valence-corrected chi connectivity index (χ0v) is 13.0. The number of thioether (sulfide) groups is 1. The van der Waals surface area contributed by atoms with Gasteiger partial charge in [-0.2, -0.15) is 11.8 Å². The molecule has 0 amide bonds. The van der Waals surface area contributed by atoms with Gasteiger partial charge >= 0.3 is 0 Å². The molecule has 0 saturated heterocycles. The van der Waals surface area contributed by atoms with Crippen LogP contribution < -0.4 is 10.6 Å². The number of rotatable bonds is 4. The second-order valence-corrected chi connectivity index (χ2v) is 5.97. The largest absolute Gasteiger partial charge is 0.394 e. The number of aliphatic imine (C=N–C) groups is 2. The lowest BCUT2D eigenvalue weighted by Crippen LogP contribution is -2.42. The Labute approximate surface area is 120 Å². The number of aliphatic hydroxyl groups is 1. The molecule has 0 bridgehead atoms. The topological polar surface area (TPSA) is 69.0 Å². The van der Waals surface area contributed by atoms with Gasteiger partial charge in [0, 0.05) is 13.1 Å². The molecule has 1 unspecified atom stereocenters. The van der Waals surface area contributed by atoms with Crippen molar-refractivity contribution in [2.75, 3.05) is 31.2 Å². The van der Waals surface area contributed by atoms with Crippen molar-refractivity contribution in [2.24, 2.45) is 15.9 Å². The van der Waals surface area contributed by atoms with Crippen LogP contribution in [0.2, 0.25) is 0 Å². The van der Waals surface area contributed by atoms with Gasteiger partial charge in [-0.1, -0.05) is 13.8 Å². The smallest absolute Gasteiger partial charge is 0.196 e. The first-order chi connectivity index (χ1) is 9.17. The second kappa shape index (κ2) is 9.20. The summed E-state index contributed by atoms with van der Waals surface area (Å²) in [6, 6.07) is -0.0493. The van der Waals surface area contributed by atoms with Crippen LogP contribution in [0.5, 0.6) is 0 Å². The van der Waals surface area contributed by atoms with Crippen molar-refractivity contribution in [3.05, 3.63) is 0 Å². The molecule has 0 spiro atoms. The van der Waals surface area contributed by atoms with E-state index in [1.165, 1.54) is 0 Å². The summed E-state index contributed by atoms with van der Waals surface area (Å²) in [5, 5.41) is 15.9. The second-order valence-electron chi connectivity index (χ2n) is 4.86. The lowest BCUT2D eigenvalue weighted by atomic mass is 10.1. The molecular weight excluding hydrogens is 260 g/mol. The van der Waals surface area contributed by atoms with Gasteiger partial charge in [-0.25, -0.2) is 0 Å². The summed E-state index contributed by atoms with van der Waals surface area (Å²) in [4.78, 5) is 9.14. The fourth-order valence-electron chi connectivity index (χ4n) is 1.68. The van der Waals surface area contributed by atoms with Crippen LogP contribution in [0.15, 0.2) is 9.98 Å². The highest BCUT2D eigenvalue weighted by Crippen LogP contribution is 2.09. The standard InChI is InChI=1S/C13H26N4OS/c1-4-14-13-15-6-5-7-19-9-12(17-13)16-11(8-18)10(2)3/h10-11,18H,4-9H2,1-3H3,(H2,14,15,16,17). The van der Waals surface area contributed by atoms with E-state index in [0.29, 0.717) is 5.92 Å². The van der Waals surface area contributed by atoms with Crippen molar-refractivity contribution in [1.29, 1.82) is 0 Å². The zero-order chi connectivity index (χ0) is 14.1. The number of hydrogen-bond acceptors (Lipinski definition) is 5. The average Bonchev–Trinajstić information content (AvgIpc) is 2.48. The maximum atomic E-state index is 9.39. The Morgan fingerprint density at radius 2 is 2.32 bits per heavy atom. The van der Waals surface area contributed by atoms with E-state index in [1.54, 1.807) is 0 Å². The molecule has 1 atom stereocenters. The van der Waals surface area contributed by atoms with Crippen LogP contribution in [0.3, 0.4) is 0 Å². The SMILES string of the molecule is CCNC1=NCCCSCC(=NC(CO)C(C)C)N1. The number of amidine groups is 1. The molecule has 5 nitrogen and oxygen atoms in total. The van der Waals surface area contributed by atoms with E-state index in [0.717, 1.165) is 42.8 Å². The lowest BCUT2D eigenvalue weighted by Gasteiger charge is -2.18. The molecule has 1 heterocycles. The molecule has 110 valence electrons. The van der Waals surface area contributed by atoms with Crippen LogP contribution in [0.25, 0.3) is 0 Å². The number of aliphatic hydroxyl groups excluding tert-OH is 1. The normalized spacial score (nSPS) is 21.1. The van der Waals surface area contributed by atoms with E-state index in [1.807, 2.05) is 18.7 Å². The highest BCUT2D eigenvalue weighted by atomic mass is 32.2. The first-order valence-corrected chi connectivity index (χ1v) is 8.13. The molecule has 1 aliphatic heterocycles. The van der Waals surface area contributed by atoms with Gasteiger partial charge in [-0.15, -0.1) is 0 Å². The van der Waals surface area contributed by atoms with E-state index in [9.17, 15) is 5.11 Å². The molecule has 0 aromatic rings. The van der Waals surface area contributed by atoms with Crippen LogP contribution in [-0.4, -0.2) is 54.1 Å². The van der Waals surface area contributed by atoms with Gasteiger partial charge < -0.3 is 15.7 Å². The molecule has 19 heavy (non-hydrogen) atoms. The zero-order valence-electron chi connectivity index (χ0n) is 12.1. The molecule has 3 N–H and O–H groups in total. The summed E-state index contributed by atoms with van der Waals surface area (Å²) in [6.45, 7) is 7.95. The highest BCUT2D eigenvalue weighted by molar-refractivity contribution is 7.99. The quantitative estimate of drug-likeness (QED) is 0.724. The predicted molar refractivity (Wildman–Crippen MR) is 84.2 cm³/mol. The number of nitrogens with one attached hydrogen (secondary N) is 2. The molecule has 0 fully saturated rings. The minimum atomic E-state index is -0.0493. The molecule has 0 aliphatic carbocycles. The third-order valence-electron chi connectivity index (χ3n) is 2.84. The summed E-state index contributed by atoms with van der Waals surface area (Å²) < 4.78 is 0. The van der Waals surface area contributed by atoms with E-state index in [2.05, 4.69) is 34.5 Å². The first-order valence-electron chi connectivity index (χ1n) is 6.98. The third kappa shape index (κ3) is 6.29. The Balaban J connectivity index is 2.79. The molecule has 0 aromatic heterocycles. The Bertz CT molecular complexity index is 318. The Kier molecular flexibility index (Phi) is 7.90. The van der Waals surface area contributed by atoms with Crippen LogP contribution in [0, 0.1) is 5.92 Å². The van der Waals surface area contributed by atoms with Crippen molar-refractivity contribution >= 4 is 23.6 Å². The van der Waals surface area contributed by atoms with Crippen LogP contribution >= 0.6 is 11.8 Å². The van der Waals surface area contributed by atoms with Crippen LogP contribution in [0.1, 0.15) is 27.2 Å². The maximum absolute atomic E-state index is 9.39. The van der Waals surface area contributed by atoms with Crippen molar-refractivity contribution in [3.8, 4) is 0 Å². The van der Waals surface area contributed by atoms with Gasteiger partial charge in [0.25, 0.3) is 0 Å². The minimum absolute atomic E-state index is 0.0493. The third-order valence-corrected chi connectivity index (χ3v) is 3.90. The van der Waals surface area contributed by atoms with Crippen LogP contribution in [0.4, 0.5) is 0 Å². The molecule has 0 saturated carbocycles. The highest BCUT2D eigenvalue weighted by Gasteiger charge is 2.13. The monoisotopic (exact) mass is 286 g/mol. The summed E-state index contributed by atoms with van der Waals surface area (Å²) >= 11 is 1.86. The van der Waals surface area contributed by atoms with Gasteiger partial charge in [0.2, 0.25) is 0 Å². The maximum Gasteiger partial charge on any atom is 0.196 e. The molecule has 0 radical (unpaired) electrons. The summed E-state index contributed by atoms with van der Waals surface area (Å²) in [5.41, 5.74) is 0. The molecule has 1 aliphatic rings. The van der Waals surface area contributed by atoms with Gasteiger partial charge in [0.05, 0.1) is 18.4 Å². The van der Waals surface area contributed by atoms with Gasteiger partial charge in [-0.3, -0.25) is 9.98 Å². The lowest BCUT2D eigenvalue weighted by molar-refractivity contribution is 0.239. The van der Waals surface area contributed by atoms with Crippen molar-refractivity contribution < 1.29 is 5.11 Å². The summed E-state index contributed by atoms with van der Waals surface area (Å²) in [7, 11) is 0. The predicted octanol–water partition coefficient (Wildman–Crippen LogP) is 1.09. The fourth-order valence-corrected chi connectivity index (χ4v) is 2.49. The van der Waals surface area contributed by atoms with Crippen molar-refractivity contribution in [2.45, 2.75) is 33.2 Å². The van der Waals surface area contributed by atoms with Crippen molar-refractivity contribution in [3.63, 3.8) is 0 Å². The summed E-state index contributed by atoms with van der Waals surface area (Å²) in [5.74, 6) is 3.96. The fraction of sp³-hybridized carbons (Fsp3) is 0.846. The summed E-state index contributed by atoms with van der Waals surface area (Å²) in [6.07, 6.45) is 1.09. The minimum Gasteiger partial charge on any atom is -0.394 e. The average molecular weight is 286 g/mol. The van der Waals surface area contributed by atoms with E-state index in [-0.39, 0.29) is 12.6 Å². The van der Waals surface area contributed by atoms with E-state index < -0.39 is 0 Å². The van der Waals surface area contributed by atoms with Crippen LogP contribution in [-0.2, 0) is 0 Å². The molecule has 0 aromatic carbocycles. The van der Waals surface area contributed by atoms with Gasteiger partial charge in [0.1, 0.15) is 5.84 Å². The Morgan fingerprint density at radius 1 is 1.53 bits per heavy atom. The van der Waals surface area contributed by atoms with Gasteiger partial charge in [0.15, 0.2) is 5.96 Å². The Morgan fingerprint density at radius 3 is 2.95 bits per heavy atom. The van der Waals surface area contributed by atoms with Crippen molar-refractivity contribution in [1.82, 2.24) is 10.6 Å². The molecule has 1 rings (SSSR count). The first kappa shape index (κ1) is 16.3. The molecule has 6 heteroatoms. The molecular formula is C13H26N4OS. The van der Waals surface area contributed by atoms with E-state index >= 15 is 0 Å². The van der Waals surface area contributed by atoms with Gasteiger partial charge in [-0.05, 0) is 25.0 Å². The number of nitrogens with zero attached hydrogens (tertiary/aromatic N) is 2. The number of hydrogen-bond donors (Lipinski definition) is 3. The Hall–Kier alpha value is -0.750. The number of guanidine groups is 1. The van der Waals surface area contributed by atoms with E-state index in [4.69, 9.17) is 0 Å².